The third-order valence-electron chi connectivity index (χ3n) is 2.69. The van der Waals surface area contributed by atoms with Crippen LogP contribution in [0.3, 0.4) is 0 Å². The predicted molar refractivity (Wildman–Crippen MR) is 72.1 cm³/mol. The number of nitriles is 1. The minimum atomic E-state index is -0.496. The molecule has 20 heavy (non-hydrogen) atoms. The number of nitrogens with zero attached hydrogens (tertiary/aromatic N) is 1. The van der Waals surface area contributed by atoms with E-state index in [9.17, 15) is 9.18 Å². The van der Waals surface area contributed by atoms with Gasteiger partial charge in [-0.25, -0.2) is 4.39 Å². The number of halogens is 1. The van der Waals surface area contributed by atoms with E-state index in [1.165, 1.54) is 25.3 Å². The normalized spacial score (nSPS) is 9.65. The Bertz CT molecular complexity index is 675. The van der Waals surface area contributed by atoms with Gasteiger partial charge < -0.3 is 10.1 Å². The first-order chi connectivity index (χ1) is 9.63. The van der Waals surface area contributed by atoms with Gasteiger partial charge in [0.2, 0.25) is 0 Å². The molecule has 1 amide bonds. The van der Waals surface area contributed by atoms with E-state index in [1.54, 1.807) is 24.3 Å². The van der Waals surface area contributed by atoms with Crippen LogP contribution in [0.25, 0.3) is 0 Å². The van der Waals surface area contributed by atoms with Crippen molar-refractivity contribution in [3.8, 4) is 11.8 Å². The Hall–Kier alpha value is -2.87. The van der Waals surface area contributed by atoms with Crippen molar-refractivity contribution >= 4 is 11.6 Å². The lowest BCUT2D eigenvalue weighted by atomic mass is 10.1. The van der Waals surface area contributed by atoms with E-state index in [2.05, 4.69) is 5.32 Å². The number of rotatable bonds is 3. The summed E-state index contributed by atoms with van der Waals surface area (Å²) in [6.07, 6.45) is 0. The lowest BCUT2D eigenvalue weighted by Crippen LogP contribution is -2.11. The number of ether oxygens (including phenoxy) is 1. The SMILES string of the molecule is COc1cc(NC(=O)c2ccc(C#N)cc2)ccc1F. The van der Waals surface area contributed by atoms with Gasteiger partial charge >= 0.3 is 0 Å². The quantitative estimate of drug-likeness (QED) is 0.932. The zero-order valence-corrected chi connectivity index (χ0v) is 10.7. The van der Waals surface area contributed by atoms with Gasteiger partial charge in [-0.1, -0.05) is 0 Å². The lowest BCUT2D eigenvalue weighted by molar-refractivity contribution is 0.102. The van der Waals surface area contributed by atoms with Crippen LogP contribution in [0, 0.1) is 17.1 Å². The van der Waals surface area contributed by atoms with Crippen LogP contribution in [0.2, 0.25) is 0 Å². The number of benzene rings is 2. The molecule has 0 atom stereocenters. The smallest absolute Gasteiger partial charge is 0.255 e. The van der Waals surface area contributed by atoms with E-state index >= 15 is 0 Å². The molecule has 0 radical (unpaired) electrons. The average Bonchev–Trinajstić information content (AvgIpc) is 2.49. The molecular weight excluding hydrogens is 259 g/mol. The molecule has 0 saturated carbocycles. The van der Waals surface area contributed by atoms with Crippen LogP contribution in [0.4, 0.5) is 10.1 Å². The standard InChI is InChI=1S/C15H11FN2O2/c1-20-14-8-12(6-7-13(14)16)18-15(19)11-4-2-10(9-17)3-5-11/h2-8H,1H3,(H,18,19). The van der Waals surface area contributed by atoms with E-state index in [0.29, 0.717) is 16.8 Å². The Morgan fingerprint density at radius 3 is 2.55 bits per heavy atom. The number of carbonyl (C=O) groups is 1. The van der Waals surface area contributed by atoms with Gasteiger partial charge in [-0.2, -0.15) is 5.26 Å². The fourth-order valence-electron chi connectivity index (χ4n) is 1.64. The summed E-state index contributed by atoms with van der Waals surface area (Å²) < 4.78 is 18.1. The fourth-order valence-corrected chi connectivity index (χ4v) is 1.64. The molecule has 4 nitrogen and oxygen atoms in total. The second-order valence-corrected chi connectivity index (χ2v) is 3.99. The van der Waals surface area contributed by atoms with Gasteiger partial charge in [-0.05, 0) is 36.4 Å². The zero-order valence-electron chi connectivity index (χ0n) is 10.7. The summed E-state index contributed by atoms with van der Waals surface area (Å²) in [6.45, 7) is 0. The van der Waals surface area contributed by atoms with Gasteiger partial charge in [0.25, 0.3) is 5.91 Å². The summed E-state index contributed by atoms with van der Waals surface area (Å²) in [7, 11) is 1.35. The van der Waals surface area contributed by atoms with Crippen LogP contribution in [-0.2, 0) is 0 Å². The molecule has 2 aromatic rings. The van der Waals surface area contributed by atoms with Gasteiger partial charge in [-0.3, -0.25) is 4.79 Å². The summed E-state index contributed by atoms with van der Waals surface area (Å²) in [5.41, 5.74) is 1.31. The molecule has 0 spiro atoms. The minimum Gasteiger partial charge on any atom is -0.494 e. The molecule has 0 aliphatic carbocycles. The van der Waals surface area contributed by atoms with E-state index < -0.39 is 5.82 Å². The van der Waals surface area contributed by atoms with Crippen molar-refractivity contribution in [3.05, 3.63) is 59.4 Å². The first-order valence-electron chi connectivity index (χ1n) is 5.79. The van der Waals surface area contributed by atoms with Crippen LogP contribution in [0.5, 0.6) is 5.75 Å². The van der Waals surface area contributed by atoms with Crippen molar-refractivity contribution in [2.24, 2.45) is 0 Å². The monoisotopic (exact) mass is 270 g/mol. The Morgan fingerprint density at radius 2 is 1.95 bits per heavy atom. The molecule has 100 valence electrons. The van der Waals surface area contributed by atoms with Crippen molar-refractivity contribution in [3.63, 3.8) is 0 Å². The molecule has 1 N–H and O–H groups in total. The van der Waals surface area contributed by atoms with E-state index in [0.717, 1.165) is 0 Å². The summed E-state index contributed by atoms with van der Waals surface area (Å²) in [5, 5.41) is 11.3. The van der Waals surface area contributed by atoms with Gasteiger partial charge in [0.1, 0.15) is 0 Å². The number of nitrogens with one attached hydrogen (secondary N) is 1. The van der Waals surface area contributed by atoms with E-state index in [1.807, 2.05) is 6.07 Å². The second kappa shape index (κ2) is 5.85. The van der Waals surface area contributed by atoms with Crippen LogP contribution in [-0.4, -0.2) is 13.0 Å². The van der Waals surface area contributed by atoms with Crippen molar-refractivity contribution in [1.82, 2.24) is 0 Å². The molecule has 0 fully saturated rings. The maximum Gasteiger partial charge on any atom is 0.255 e. The number of hydrogen-bond donors (Lipinski definition) is 1. The van der Waals surface area contributed by atoms with E-state index in [4.69, 9.17) is 10.00 Å². The number of hydrogen-bond acceptors (Lipinski definition) is 3. The van der Waals surface area contributed by atoms with Crippen LogP contribution >= 0.6 is 0 Å². The number of anilines is 1. The molecule has 0 aliphatic rings. The summed E-state index contributed by atoms with van der Waals surface area (Å²) in [6, 6.07) is 12.2. The van der Waals surface area contributed by atoms with Crippen LogP contribution in [0.1, 0.15) is 15.9 Å². The Morgan fingerprint density at radius 1 is 1.25 bits per heavy atom. The molecule has 0 unspecified atom stereocenters. The maximum atomic E-state index is 13.2. The van der Waals surface area contributed by atoms with Crippen LogP contribution < -0.4 is 10.1 Å². The second-order valence-electron chi connectivity index (χ2n) is 3.99. The molecule has 2 aromatic carbocycles. The van der Waals surface area contributed by atoms with Crippen molar-refractivity contribution in [1.29, 1.82) is 5.26 Å². The zero-order chi connectivity index (χ0) is 14.5. The molecule has 0 saturated heterocycles. The first-order valence-corrected chi connectivity index (χ1v) is 5.79. The van der Waals surface area contributed by atoms with Gasteiger partial charge in [0, 0.05) is 17.3 Å². The van der Waals surface area contributed by atoms with Crippen molar-refractivity contribution in [2.45, 2.75) is 0 Å². The van der Waals surface area contributed by atoms with Gasteiger partial charge in [-0.15, -0.1) is 0 Å². The third kappa shape index (κ3) is 2.93. The molecule has 5 heteroatoms. The highest BCUT2D eigenvalue weighted by Gasteiger charge is 2.08. The Kier molecular flexibility index (Phi) is 3.96. The minimum absolute atomic E-state index is 0.0580. The molecule has 0 heterocycles. The van der Waals surface area contributed by atoms with Crippen molar-refractivity contribution in [2.75, 3.05) is 12.4 Å². The first kappa shape index (κ1) is 13.6. The molecule has 0 bridgehead atoms. The molecule has 0 aliphatic heterocycles. The fraction of sp³-hybridized carbons (Fsp3) is 0.0667. The van der Waals surface area contributed by atoms with E-state index in [-0.39, 0.29) is 11.7 Å². The Balaban J connectivity index is 2.16. The highest BCUT2D eigenvalue weighted by Crippen LogP contribution is 2.21. The Labute approximate surface area is 115 Å². The maximum absolute atomic E-state index is 13.2. The largest absolute Gasteiger partial charge is 0.494 e. The third-order valence-corrected chi connectivity index (χ3v) is 2.69. The van der Waals surface area contributed by atoms with Crippen molar-refractivity contribution < 1.29 is 13.9 Å². The number of amides is 1. The molecular formula is C15H11FN2O2. The van der Waals surface area contributed by atoms with Crippen LogP contribution in [0.15, 0.2) is 42.5 Å². The summed E-state index contributed by atoms with van der Waals surface area (Å²) >= 11 is 0. The highest BCUT2D eigenvalue weighted by molar-refractivity contribution is 6.04. The average molecular weight is 270 g/mol. The number of methoxy groups -OCH3 is 1. The van der Waals surface area contributed by atoms with Gasteiger partial charge in [0.15, 0.2) is 11.6 Å². The summed E-state index contributed by atoms with van der Waals surface area (Å²) in [4.78, 5) is 12.0. The highest BCUT2D eigenvalue weighted by atomic mass is 19.1. The van der Waals surface area contributed by atoms with Gasteiger partial charge in [0.05, 0.1) is 18.7 Å². The topological polar surface area (TPSA) is 62.1 Å². The predicted octanol–water partition coefficient (Wildman–Crippen LogP) is 2.96. The molecule has 0 aromatic heterocycles. The molecule has 2 rings (SSSR count). The number of carbonyl (C=O) groups excluding carboxylic acids is 1. The summed E-state index contributed by atoms with van der Waals surface area (Å²) in [5.74, 6) is -0.783. The lowest BCUT2D eigenvalue weighted by Gasteiger charge is -2.08.